The molecule has 0 aliphatic rings. The Morgan fingerprint density at radius 3 is 2.57 bits per heavy atom. The molecule has 1 aromatic heterocycles. The first-order valence-electron chi connectivity index (χ1n) is 7.00. The summed E-state index contributed by atoms with van der Waals surface area (Å²) in [5.41, 5.74) is 2.57. The second kappa shape index (κ2) is 6.08. The van der Waals surface area contributed by atoms with Crippen molar-refractivity contribution in [1.29, 1.82) is 0 Å². The van der Waals surface area contributed by atoms with Gasteiger partial charge in [-0.15, -0.1) is 0 Å². The van der Waals surface area contributed by atoms with Crippen molar-refractivity contribution in [1.82, 2.24) is 9.97 Å². The molecule has 118 valence electrons. The fourth-order valence-electron chi connectivity index (χ4n) is 2.46. The molecule has 0 amide bonds. The quantitative estimate of drug-likeness (QED) is 0.752. The molecule has 0 saturated carbocycles. The Kier molecular flexibility index (Phi) is 3.97. The number of carbonyl (C=O) groups is 1. The Bertz CT molecular complexity index is 856. The highest BCUT2D eigenvalue weighted by molar-refractivity contribution is 5.99. The molecule has 1 heterocycles. The molecule has 0 aliphatic heterocycles. The Hall–Kier alpha value is -2.89. The topological polar surface area (TPSA) is 64.2 Å². The van der Waals surface area contributed by atoms with Gasteiger partial charge in [0.2, 0.25) is 0 Å². The minimum atomic E-state index is -0.480. The van der Waals surface area contributed by atoms with Crippen molar-refractivity contribution in [3.05, 3.63) is 59.2 Å². The summed E-state index contributed by atoms with van der Waals surface area (Å²) in [7, 11) is 2.80. The molecule has 3 aromatic rings. The maximum absolute atomic E-state index is 13.0. The van der Waals surface area contributed by atoms with Gasteiger partial charge in [0.1, 0.15) is 22.7 Å². The van der Waals surface area contributed by atoms with Crippen molar-refractivity contribution in [2.24, 2.45) is 0 Å². The summed E-state index contributed by atoms with van der Waals surface area (Å²) < 4.78 is 23.0. The average molecular weight is 314 g/mol. The van der Waals surface area contributed by atoms with Crippen LogP contribution in [0.1, 0.15) is 21.7 Å². The number of halogens is 1. The number of rotatable bonds is 4. The minimum Gasteiger partial charge on any atom is -0.493 e. The normalized spacial score (nSPS) is 10.7. The van der Waals surface area contributed by atoms with Crippen molar-refractivity contribution < 1.29 is 18.7 Å². The molecule has 0 unspecified atom stereocenters. The summed E-state index contributed by atoms with van der Waals surface area (Å²) in [6.07, 6.45) is 0.520. The number of imidazole rings is 1. The molecule has 3 rings (SSSR count). The van der Waals surface area contributed by atoms with E-state index < -0.39 is 5.97 Å². The van der Waals surface area contributed by atoms with Gasteiger partial charge in [0.05, 0.1) is 19.7 Å². The fourth-order valence-corrected chi connectivity index (χ4v) is 2.46. The van der Waals surface area contributed by atoms with Gasteiger partial charge in [0, 0.05) is 6.42 Å². The van der Waals surface area contributed by atoms with Crippen LogP contribution in [0.4, 0.5) is 4.39 Å². The van der Waals surface area contributed by atoms with Gasteiger partial charge in [-0.3, -0.25) is 0 Å². The number of benzene rings is 2. The number of H-pyrrole nitrogens is 1. The second-order valence-corrected chi connectivity index (χ2v) is 5.02. The smallest absolute Gasteiger partial charge is 0.341 e. The summed E-state index contributed by atoms with van der Waals surface area (Å²) in [4.78, 5) is 19.5. The van der Waals surface area contributed by atoms with Crippen molar-refractivity contribution in [2.75, 3.05) is 14.2 Å². The van der Waals surface area contributed by atoms with Crippen molar-refractivity contribution >= 4 is 17.0 Å². The van der Waals surface area contributed by atoms with Gasteiger partial charge in [-0.05, 0) is 29.8 Å². The van der Waals surface area contributed by atoms with E-state index in [9.17, 15) is 9.18 Å². The van der Waals surface area contributed by atoms with Crippen molar-refractivity contribution in [2.45, 2.75) is 6.42 Å². The molecule has 0 radical (unpaired) electrons. The zero-order chi connectivity index (χ0) is 16.4. The van der Waals surface area contributed by atoms with E-state index in [1.54, 1.807) is 24.3 Å². The lowest BCUT2D eigenvalue weighted by Gasteiger charge is -2.06. The van der Waals surface area contributed by atoms with Crippen LogP contribution in [0.5, 0.6) is 5.75 Å². The zero-order valence-electron chi connectivity index (χ0n) is 12.7. The van der Waals surface area contributed by atoms with Crippen LogP contribution in [-0.4, -0.2) is 30.2 Å². The number of nitrogens with zero attached hydrogens (tertiary/aromatic N) is 1. The average Bonchev–Trinajstić information content (AvgIpc) is 2.97. The number of hydrogen-bond acceptors (Lipinski definition) is 4. The van der Waals surface area contributed by atoms with Crippen molar-refractivity contribution in [3.63, 3.8) is 0 Å². The number of fused-ring (bicyclic) bond motifs is 1. The van der Waals surface area contributed by atoms with E-state index in [0.717, 1.165) is 11.1 Å². The van der Waals surface area contributed by atoms with E-state index in [0.29, 0.717) is 29.1 Å². The van der Waals surface area contributed by atoms with Gasteiger partial charge < -0.3 is 14.5 Å². The van der Waals surface area contributed by atoms with Gasteiger partial charge in [-0.2, -0.15) is 0 Å². The second-order valence-electron chi connectivity index (χ2n) is 5.02. The first kappa shape index (κ1) is 15.0. The lowest BCUT2D eigenvalue weighted by Crippen LogP contribution is -2.04. The summed E-state index contributed by atoms with van der Waals surface area (Å²) in [6, 6.07) is 9.62. The largest absolute Gasteiger partial charge is 0.493 e. The van der Waals surface area contributed by atoms with Crippen LogP contribution in [0.15, 0.2) is 36.4 Å². The highest BCUT2D eigenvalue weighted by Crippen LogP contribution is 2.29. The van der Waals surface area contributed by atoms with Crippen LogP contribution >= 0.6 is 0 Å². The van der Waals surface area contributed by atoms with E-state index in [1.807, 2.05) is 0 Å². The SMILES string of the molecule is COC(=O)c1ccc2[nH]c(Cc3ccc(F)cc3)nc2c1OC. The molecule has 0 saturated heterocycles. The van der Waals surface area contributed by atoms with Crippen LogP contribution in [-0.2, 0) is 11.2 Å². The molecule has 6 heteroatoms. The Morgan fingerprint density at radius 1 is 1.17 bits per heavy atom. The predicted molar refractivity (Wildman–Crippen MR) is 83.2 cm³/mol. The van der Waals surface area contributed by atoms with Gasteiger partial charge in [0.15, 0.2) is 5.75 Å². The number of aromatic amines is 1. The highest BCUT2D eigenvalue weighted by atomic mass is 19.1. The van der Waals surface area contributed by atoms with Crippen LogP contribution < -0.4 is 4.74 Å². The lowest BCUT2D eigenvalue weighted by molar-refractivity contribution is 0.0597. The van der Waals surface area contributed by atoms with Crippen LogP contribution in [0.2, 0.25) is 0 Å². The molecule has 0 bridgehead atoms. The summed E-state index contributed by atoms with van der Waals surface area (Å²) in [6.45, 7) is 0. The van der Waals surface area contributed by atoms with E-state index in [1.165, 1.54) is 26.4 Å². The minimum absolute atomic E-state index is 0.275. The van der Waals surface area contributed by atoms with Crippen LogP contribution in [0.3, 0.4) is 0 Å². The molecule has 1 N–H and O–H groups in total. The number of nitrogens with one attached hydrogen (secondary N) is 1. The molecule has 0 fully saturated rings. The monoisotopic (exact) mass is 314 g/mol. The third kappa shape index (κ3) is 2.88. The van der Waals surface area contributed by atoms with E-state index in [-0.39, 0.29) is 5.82 Å². The lowest BCUT2D eigenvalue weighted by atomic mass is 10.1. The molecule has 0 spiro atoms. The maximum atomic E-state index is 13.0. The third-order valence-corrected chi connectivity index (χ3v) is 3.55. The molecule has 2 aromatic carbocycles. The standard InChI is InChI=1S/C17H15FN2O3/c1-22-16-12(17(21)23-2)7-8-13-15(16)20-14(19-13)9-10-3-5-11(18)6-4-10/h3-8H,9H2,1-2H3,(H,19,20). The van der Waals surface area contributed by atoms with Gasteiger partial charge in [-0.25, -0.2) is 14.2 Å². The summed E-state index contributed by atoms with van der Waals surface area (Å²) in [5, 5.41) is 0. The van der Waals surface area contributed by atoms with Gasteiger partial charge in [-0.1, -0.05) is 12.1 Å². The summed E-state index contributed by atoms with van der Waals surface area (Å²) >= 11 is 0. The molecular formula is C17H15FN2O3. The summed E-state index contributed by atoms with van der Waals surface area (Å²) in [5.74, 6) is 0.317. The molecule has 5 nitrogen and oxygen atoms in total. The number of hydrogen-bond donors (Lipinski definition) is 1. The maximum Gasteiger partial charge on any atom is 0.341 e. The molecule has 23 heavy (non-hydrogen) atoms. The Labute approximate surface area is 132 Å². The number of carbonyl (C=O) groups excluding carboxylic acids is 1. The van der Waals surface area contributed by atoms with Gasteiger partial charge >= 0.3 is 5.97 Å². The molecule has 0 atom stereocenters. The van der Waals surface area contributed by atoms with E-state index in [4.69, 9.17) is 9.47 Å². The van der Waals surface area contributed by atoms with Crippen LogP contribution in [0.25, 0.3) is 11.0 Å². The Balaban J connectivity index is 2.01. The number of methoxy groups -OCH3 is 2. The van der Waals surface area contributed by atoms with E-state index in [2.05, 4.69) is 9.97 Å². The predicted octanol–water partition coefficient (Wildman–Crippen LogP) is 3.09. The van der Waals surface area contributed by atoms with E-state index >= 15 is 0 Å². The number of ether oxygens (including phenoxy) is 2. The number of esters is 1. The zero-order valence-corrected chi connectivity index (χ0v) is 12.7. The number of aromatic nitrogens is 2. The van der Waals surface area contributed by atoms with Crippen LogP contribution in [0, 0.1) is 5.82 Å². The first-order chi connectivity index (χ1) is 11.1. The van der Waals surface area contributed by atoms with Crippen molar-refractivity contribution in [3.8, 4) is 5.75 Å². The van der Waals surface area contributed by atoms with Gasteiger partial charge in [0.25, 0.3) is 0 Å². The fraction of sp³-hybridized carbons (Fsp3) is 0.176. The Morgan fingerprint density at radius 2 is 1.91 bits per heavy atom. The highest BCUT2D eigenvalue weighted by Gasteiger charge is 2.18. The third-order valence-electron chi connectivity index (χ3n) is 3.55. The first-order valence-corrected chi connectivity index (χ1v) is 7.00. The molecular weight excluding hydrogens is 299 g/mol. The molecule has 0 aliphatic carbocycles.